The lowest BCUT2D eigenvalue weighted by Crippen LogP contribution is -2.29. The summed E-state index contributed by atoms with van der Waals surface area (Å²) in [5, 5.41) is 12.9. The van der Waals surface area contributed by atoms with Gasteiger partial charge in [0.05, 0.1) is 10.7 Å². The van der Waals surface area contributed by atoms with Crippen LogP contribution in [0.5, 0.6) is 5.75 Å². The summed E-state index contributed by atoms with van der Waals surface area (Å²) in [6.45, 7) is 0.671. The SMILES string of the molecule is O=S1(=O)NCCN1c1ccc(Cc2nccs2)cc1O. The van der Waals surface area contributed by atoms with Gasteiger partial charge in [0.2, 0.25) is 0 Å². The fraction of sp³-hybridized carbons (Fsp3) is 0.250. The van der Waals surface area contributed by atoms with Crippen LogP contribution in [-0.2, 0) is 16.6 Å². The smallest absolute Gasteiger partial charge is 0.301 e. The van der Waals surface area contributed by atoms with E-state index in [0.29, 0.717) is 25.2 Å². The second-order valence-corrected chi connectivity index (χ2v) is 7.06. The topological polar surface area (TPSA) is 82.5 Å². The number of nitrogens with one attached hydrogen (secondary N) is 1. The maximum absolute atomic E-state index is 11.8. The summed E-state index contributed by atoms with van der Waals surface area (Å²) < 4.78 is 27.1. The number of aromatic nitrogens is 1. The van der Waals surface area contributed by atoms with E-state index in [9.17, 15) is 13.5 Å². The molecule has 8 heteroatoms. The van der Waals surface area contributed by atoms with Crippen molar-refractivity contribution in [2.45, 2.75) is 6.42 Å². The normalized spacial score (nSPS) is 17.5. The van der Waals surface area contributed by atoms with Gasteiger partial charge in [0.25, 0.3) is 0 Å². The molecular formula is C12H13N3O3S2. The summed E-state index contributed by atoms with van der Waals surface area (Å²) in [5.74, 6) is -0.0358. The van der Waals surface area contributed by atoms with Gasteiger partial charge in [-0.3, -0.25) is 4.31 Å². The van der Waals surface area contributed by atoms with Gasteiger partial charge in [0.15, 0.2) is 0 Å². The van der Waals surface area contributed by atoms with E-state index >= 15 is 0 Å². The summed E-state index contributed by atoms with van der Waals surface area (Å²) in [6, 6.07) is 5.03. The highest BCUT2D eigenvalue weighted by Gasteiger charge is 2.29. The lowest BCUT2D eigenvalue weighted by atomic mass is 10.1. The van der Waals surface area contributed by atoms with Crippen LogP contribution in [0.1, 0.15) is 10.6 Å². The van der Waals surface area contributed by atoms with E-state index < -0.39 is 10.2 Å². The van der Waals surface area contributed by atoms with E-state index in [0.717, 1.165) is 10.6 Å². The molecule has 0 bridgehead atoms. The van der Waals surface area contributed by atoms with Gasteiger partial charge in [-0.2, -0.15) is 13.1 Å². The zero-order valence-electron chi connectivity index (χ0n) is 10.5. The molecule has 1 aromatic heterocycles. The quantitative estimate of drug-likeness (QED) is 0.889. The number of phenolic OH excluding ortho intramolecular Hbond substituents is 1. The van der Waals surface area contributed by atoms with Crippen LogP contribution in [0.15, 0.2) is 29.8 Å². The fourth-order valence-electron chi connectivity index (χ4n) is 2.13. The Morgan fingerprint density at radius 2 is 2.30 bits per heavy atom. The third-order valence-corrected chi connectivity index (χ3v) is 5.34. The second-order valence-electron chi connectivity index (χ2n) is 4.40. The third-order valence-electron chi connectivity index (χ3n) is 3.04. The molecular weight excluding hydrogens is 298 g/mol. The summed E-state index contributed by atoms with van der Waals surface area (Å²) >= 11 is 1.54. The molecule has 0 spiro atoms. The van der Waals surface area contributed by atoms with Gasteiger partial charge < -0.3 is 5.11 Å². The van der Waals surface area contributed by atoms with Crippen LogP contribution in [0.4, 0.5) is 5.69 Å². The molecule has 0 unspecified atom stereocenters. The van der Waals surface area contributed by atoms with Crippen LogP contribution >= 0.6 is 11.3 Å². The van der Waals surface area contributed by atoms with E-state index in [1.54, 1.807) is 29.7 Å². The maximum Gasteiger partial charge on any atom is 0.301 e. The van der Waals surface area contributed by atoms with Crippen LogP contribution in [-0.4, -0.2) is 31.6 Å². The second kappa shape index (κ2) is 5.04. The summed E-state index contributed by atoms with van der Waals surface area (Å²) in [7, 11) is -3.51. The summed E-state index contributed by atoms with van der Waals surface area (Å²) in [6.07, 6.45) is 2.35. The zero-order valence-corrected chi connectivity index (χ0v) is 12.1. The maximum atomic E-state index is 11.8. The molecule has 1 fully saturated rings. The molecule has 0 atom stereocenters. The average molecular weight is 311 g/mol. The molecule has 0 radical (unpaired) electrons. The zero-order chi connectivity index (χ0) is 14.2. The molecule has 106 valence electrons. The Bertz CT molecular complexity index is 714. The predicted octanol–water partition coefficient (Wildman–Crippen LogP) is 1.09. The van der Waals surface area contributed by atoms with E-state index in [1.165, 1.54) is 4.31 Å². The lowest BCUT2D eigenvalue weighted by molar-refractivity contribution is 0.475. The number of hydrogen-bond acceptors (Lipinski definition) is 5. The Balaban J connectivity index is 1.88. The number of nitrogens with zero attached hydrogens (tertiary/aromatic N) is 2. The van der Waals surface area contributed by atoms with Crippen molar-refractivity contribution in [3.63, 3.8) is 0 Å². The Morgan fingerprint density at radius 1 is 1.45 bits per heavy atom. The number of rotatable bonds is 3. The van der Waals surface area contributed by atoms with Crippen LogP contribution in [0, 0.1) is 0 Å². The fourth-order valence-corrected chi connectivity index (χ4v) is 4.03. The van der Waals surface area contributed by atoms with E-state index in [4.69, 9.17) is 0 Å². The van der Waals surface area contributed by atoms with Crippen molar-refractivity contribution >= 4 is 27.2 Å². The summed E-state index contributed by atoms with van der Waals surface area (Å²) in [5.41, 5.74) is 1.20. The first-order valence-corrected chi connectivity index (χ1v) is 8.36. The van der Waals surface area contributed by atoms with Crippen LogP contribution in [0.2, 0.25) is 0 Å². The average Bonchev–Trinajstić information content (AvgIpc) is 2.99. The molecule has 0 saturated carbocycles. The minimum absolute atomic E-state index is 0.0358. The summed E-state index contributed by atoms with van der Waals surface area (Å²) in [4.78, 5) is 4.18. The molecule has 1 saturated heterocycles. The molecule has 0 aliphatic carbocycles. The molecule has 0 amide bonds. The molecule has 1 aliphatic rings. The minimum Gasteiger partial charge on any atom is -0.506 e. The number of thiazole rings is 1. The standard InChI is InChI=1S/C12H13N3O3S2/c16-11-7-9(8-12-13-4-6-19-12)1-2-10(11)15-5-3-14-20(15,17)18/h1-2,4,6-7,14,16H,3,5,8H2. The highest BCUT2D eigenvalue weighted by molar-refractivity contribution is 7.91. The first-order chi connectivity index (χ1) is 9.56. The third kappa shape index (κ3) is 2.49. The number of aromatic hydroxyl groups is 1. The first kappa shape index (κ1) is 13.3. The highest BCUT2D eigenvalue weighted by Crippen LogP contribution is 2.31. The Labute approximate surface area is 120 Å². The van der Waals surface area contributed by atoms with Crippen molar-refractivity contribution in [3.05, 3.63) is 40.3 Å². The van der Waals surface area contributed by atoms with Crippen LogP contribution in [0.3, 0.4) is 0 Å². The lowest BCUT2D eigenvalue weighted by Gasteiger charge is -2.17. The van der Waals surface area contributed by atoms with Crippen molar-refractivity contribution in [3.8, 4) is 5.75 Å². The number of anilines is 1. The molecule has 2 heterocycles. The van der Waals surface area contributed by atoms with E-state index in [2.05, 4.69) is 9.71 Å². The molecule has 2 N–H and O–H groups in total. The van der Waals surface area contributed by atoms with Crippen LogP contribution in [0.25, 0.3) is 0 Å². The number of hydrogen-bond donors (Lipinski definition) is 2. The van der Waals surface area contributed by atoms with Gasteiger partial charge in [-0.25, -0.2) is 4.98 Å². The molecule has 3 rings (SSSR count). The van der Waals surface area contributed by atoms with Crippen molar-refractivity contribution < 1.29 is 13.5 Å². The number of phenols is 1. The Hall–Kier alpha value is -1.64. The van der Waals surface area contributed by atoms with Gasteiger partial charge in [0, 0.05) is 31.1 Å². The first-order valence-electron chi connectivity index (χ1n) is 6.04. The highest BCUT2D eigenvalue weighted by atomic mass is 32.2. The monoisotopic (exact) mass is 311 g/mol. The van der Waals surface area contributed by atoms with Crippen LogP contribution < -0.4 is 9.03 Å². The van der Waals surface area contributed by atoms with Crippen molar-refractivity contribution in [1.82, 2.24) is 9.71 Å². The molecule has 1 aliphatic heterocycles. The Morgan fingerprint density at radius 3 is 2.90 bits per heavy atom. The van der Waals surface area contributed by atoms with Gasteiger partial charge in [-0.05, 0) is 17.7 Å². The molecule has 2 aromatic rings. The van der Waals surface area contributed by atoms with Gasteiger partial charge >= 0.3 is 10.2 Å². The minimum atomic E-state index is -3.51. The predicted molar refractivity (Wildman–Crippen MR) is 77.3 cm³/mol. The largest absolute Gasteiger partial charge is 0.506 e. The van der Waals surface area contributed by atoms with Gasteiger partial charge in [-0.15, -0.1) is 11.3 Å². The van der Waals surface area contributed by atoms with E-state index in [1.807, 2.05) is 11.4 Å². The molecule has 6 nitrogen and oxygen atoms in total. The van der Waals surface area contributed by atoms with Crippen molar-refractivity contribution in [2.24, 2.45) is 0 Å². The van der Waals surface area contributed by atoms with Crippen molar-refractivity contribution in [1.29, 1.82) is 0 Å². The van der Waals surface area contributed by atoms with Gasteiger partial charge in [0.1, 0.15) is 5.75 Å². The van der Waals surface area contributed by atoms with Crippen molar-refractivity contribution in [2.75, 3.05) is 17.4 Å². The molecule has 1 aromatic carbocycles. The Kier molecular flexibility index (Phi) is 3.36. The molecule has 20 heavy (non-hydrogen) atoms. The van der Waals surface area contributed by atoms with E-state index in [-0.39, 0.29) is 5.75 Å². The number of benzene rings is 1. The van der Waals surface area contributed by atoms with Gasteiger partial charge in [-0.1, -0.05) is 6.07 Å².